The van der Waals surface area contributed by atoms with Crippen LogP contribution >= 0.6 is 27.5 Å². The Morgan fingerprint density at radius 1 is 1.42 bits per heavy atom. The van der Waals surface area contributed by atoms with Crippen LogP contribution in [0.25, 0.3) is 0 Å². The summed E-state index contributed by atoms with van der Waals surface area (Å²) in [5, 5.41) is 13.4. The summed E-state index contributed by atoms with van der Waals surface area (Å²) in [4.78, 5) is 4.42. The van der Waals surface area contributed by atoms with Crippen molar-refractivity contribution in [2.45, 2.75) is 38.0 Å². The predicted molar refractivity (Wildman–Crippen MR) is 79.3 cm³/mol. The SMILES string of the molecule is CC1(C#N)CCC2(CC1)CNc1ncc(Br)c(Cl)c12. The van der Waals surface area contributed by atoms with Crippen molar-refractivity contribution >= 4 is 33.3 Å². The maximum Gasteiger partial charge on any atom is 0.131 e. The maximum absolute atomic E-state index is 9.26. The molecule has 3 nitrogen and oxygen atoms in total. The molecule has 0 saturated heterocycles. The summed E-state index contributed by atoms with van der Waals surface area (Å²) in [7, 11) is 0. The number of nitriles is 1. The van der Waals surface area contributed by atoms with Gasteiger partial charge in [0.2, 0.25) is 0 Å². The number of anilines is 1. The number of pyridine rings is 1. The van der Waals surface area contributed by atoms with Crippen LogP contribution in [0.5, 0.6) is 0 Å². The number of hydrogen-bond acceptors (Lipinski definition) is 3. The van der Waals surface area contributed by atoms with Crippen molar-refractivity contribution in [3.05, 3.63) is 21.3 Å². The molecule has 1 N–H and O–H groups in total. The summed E-state index contributed by atoms with van der Waals surface area (Å²) in [5.41, 5.74) is 1.02. The molecule has 1 spiro atoms. The van der Waals surface area contributed by atoms with Crippen LogP contribution in [0.15, 0.2) is 10.7 Å². The van der Waals surface area contributed by atoms with Crippen molar-refractivity contribution in [2.75, 3.05) is 11.9 Å². The molecule has 1 aromatic rings. The van der Waals surface area contributed by atoms with E-state index in [1.54, 1.807) is 6.20 Å². The smallest absolute Gasteiger partial charge is 0.131 e. The van der Waals surface area contributed by atoms with Gasteiger partial charge in [-0.05, 0) is 48.5 Å². The fourth-order valence-electron chi connectivity index (χ4n) is 3.24. The van der Waals surface area contributed by atoms with E-state index in [0.29, 0.717) is 0 Å². The average molecular weight is 341 g/mol. The van der Waals surface area contributed by atoms with E-state index in [9.17, 15) is 5.26 Å². The predicted octanol–water partition coefficient (Wildman–Crippen LogP) is 4.26. The van der Waals surface area contributed by atoms with Crippen LogP contribution in [0.2, 0.25) is 5.02 Å². The second kappa shape index (κ2) is 4.36. The Kier molecular flexibility index (Phi) is 3.03. The van der Waals surface area contributed by atoms with E-state index in [-0.39, 0.29) is 10.8 Å². The quantitative estimate of drug-likeness (QED) is 0.767. The van der Waals surface area contributed by atoms with Gasteiger partial charge in [-0.1, -0.05) is 11.6 Å². The highest BCUT2D eigenvalue weighted by molar-refractivity contribution is 9.10. The molecule has 5 heteroatoms. The summed E-state index contributed by atoms with van der Waals surface area (Å²) in [6.07, 6.45) is 5.58. The molecule has 1 saturated carbocycles. The Bertz CT molecular complexity index is 571. The van der Waals surface area contributed by atoms with Crippen LogP contribution in [0.4, 0.5) is 5.82 Å². The van der Waals surface area contributed by atoms with E-state index in [1.807, 2.05) is 0 Å². The molecule has 0 aromatic carbocycles. The van der Waals surface area contributed by atoms with Crippen LogP contribution in [-0.2, 0) is 5.41 Å². The second-order valence-electron chi connectivity index (χ2n) is 5.95. The molecule has 0 unspecified atom stereocenters. The van der Waals surface area contributed by atoms with Crippen LogP contribution in [-0.4, -0.2) is 11.5 Å². The summed E-state index contributed by atoms with van der Waals surface area (Å²) in [6.45, 7) is 2.94. The molecule has 1 aromatic heterocycles. The Labute approximate surface area is 126 Å². The minimum Gasteiger partial charge on any atom is -0.369 e. The van der Waals surface area contributed by atoms with Gasteiger partial charge in [0, 0.05) is 23.7 Å². The number of nitrogens with one attached hydrogen (secondary N) is 1. The lowest BCUT2D eigenvalue weighted by molar-refractivity contribution is 0.207. The number of halogens is 2. The van der Waals surface area contributed by atoms with E-state index in [1.165, 1.54) is 0 Å². The Morgan fingerprint density at radius 3 is 2.74 bits per heavy atom. The van der Waals surface area contributed by atoms with E-state index >= 15 is 0 Å². The molecule has 1 fully saturated rings. The highest BCUT2D eigenvalue weighted by Gasteiger charge is 2.47. The molecule has 0 amide bonds. The molecule has 2 heterocycles. The van der Waals surface area contributed by atoms with Gasteiger partial charge >= 0.3 is 0 Å². The molecule has 1 aliphatic carbocycles. The molecule has 3 rings (SSSR count). The van der Waals surface area contributed by atoms with Crippen molar-refractivity contribution < 1.29 is 0 Å². The largest absolute Gasteiger partial charge is 0.369 e. The lowest BCUT2D eigenvalue weighted by Gasteiger charge is -2.39. The lowest BCUT2D eigenvalue weighted by Crippen LogP contribution is -2.37. The molecule has 1 aliphatic heterocycles. The van der Waals surface area contributed by atoms with Crippen LogP contribution in [0, 0.1) is 16.7 Å². The van der Waals surface area contributed by atoms with Crippen LogP contribution in [0.3, 0.4) is 0 Å². The van der Waals surface area contributed by atoms with Gasteiger partial charge in [-0.2, -0.15) is 5.26 Å². The van der Waals surface area contributed by atoms with E-state index in [4.69, 9.17) is 11.6 Å². The number of aromatic nitrogens is 1. The fraction of sp³-hybridized carbons (Fsp3) is 0.571. The van der Waals surface area contributed by atoms with Crippen molar-refractivity contribution in [2.24, 2.45) is 5.41 Å². The minimum atomic E-state index is -0.181. The molecule has 100 valence electrons. The van der Waals surface area contributed by atoms with Gasteiger partial charge in [-0.25, -0.2) is 4.98 Å². The number of hydrogen-bond donors (Lipinski definition) is 1. The Balaban J connectivity index is 2.00. The summed E-state index contributed by atoms with van der Waals surface area (Å²) in [5.74, 6) is 0.911. The normalized spacial score (nSPS) is 32.7. The molecular weight excluding hydrogens is 326 g/mol. The molecule has 0 radical (unpaired) electrons. The first kappa shape index (κ1) is 13.2. The topological polar surface area (TPSA) is 48.7 Å². The highest BCUT2D eigenvalue weighted by atomic mass is 79.9. The lowest BCUT2D eigenvalue weighted by atomic mass is 9.63. The van der Waals surface area contributed by atoms with Gasteiger partial charge < -0.3 is 5.32 Å². The molecule has 19 heavy (non-hydrogen) atoms. The minimum absolute atomic E-state index is 0.0551. The first-order valence-electron chi connectivity index (χ1n) is 6.49. The van der Waals surface area contributed by atoms with Crippen molar-refractivity contribution in [3.8, 4) is 6.07 Å². The van der Waals surface area contributed by atoms with Crippen molar-refractivity contribution in [3.63, 3.8) is 0 Å². The molecule has 2 aliphatic rings. The van der Waals surface area contributed by atoms with E-state index in [2.05, 4.69) is 39.2 Å². The highest BCUT2D eigenvalue weighted by Crippen LogP contribution is 2.53. The van der Waals surface area contributed by atoms with E-state index in [0.717, 1.165) is 53.1 Å². The number of nitrogens with zero attached hydrogens (tertiary/aromatic N) is 2. The monoisotopic (exact) mass is 339 g/mol. The van der Waals surface area contributed by atoms with Crippen LogP contribution < -0.4 is 5.32 Å². The third kappa shape index (κ3) is 1.95. The van der Waals surface area contributed by atoms with Gasteiger partial charge in [-0.15, -0.1) is 0 Å². The zero-order chi connectivity index (χ0) is 13.7. The third-order valence-corrected chi connectivity index (χ3v) is 5.90. The van der Waals surface area contributed by atoms with Crippen molar-refractivity contribution in [1.82, 2.24) is 4.98 Å². The van der Waals surface area contributed by atoms with Gasteiger partial charge in [0.1, 0.15) is 5.82 Å². The Morgan fingerprint density at radius 2 is 2.11 bits per heavy atom. The molecule has 0 atom stereocenters. The summed E-state index contributed by atoms with van der Waals surface area (Å²) >= 11 is 9.93. The van der Waals surface area contributed by atoms with Gasteiger partial charge in [-0.3, -0.25) is 0 Å². The Hall–Kier alpha value is -0.790. The second-order valence-corrected chi connectivity index (χ2v) is 7.18. The molecule has 0 bridgehead atoms. The zero-order valence-electron chi connectivity index (χ0n) is 10.8. The summed E-state index contributed by atoms with van der Waals surface area (Å²) in [6, 6.07) is 2.46. The number of fused-ring (bicyclic) bond motifs is 2. The third-order valence-electron chi connectivity index (χ3n) is 4.68. The zero-order valence-corrected chi connectivity index (χ0v) is 13.1. The molecular formula is C14H15BrClN3. The fourth-order valence-corrected chi connectivity index (χ4v) is 3.88. The first-order chi connectivity index (χ1) is 9.00. The van der Waals surface area contributed by atoms with Crippen molar-refractivity contribution in [1.29, 1.82) is 5.26 Å². The van der Waals surface area contributed by atoms with Gasteiger partial charge in [0.25, 0.3) is 0 Å². The standard InChI is InChI=1S/C14H15BrClN3/c1-13(7-17)2-4-14(5-3-13)8-19-12-10(14)11(16)9(15)6-18-12/h6H,2-5,8H2,1H3,(H,18,19). The maximum atomic E-state index is 9.26. The van der Waals surface area contributed by atoms with Gasteiger partial charge in [0.15, 0.2) is 0 Å². The van der Waals surface area contributed by atoms with Gasteiger partial charge in [0.05, 0.1) is 21.0 Å². The average Bonchev–Trinajstić information content (AvgIpc) is 2.78. The summed E-state index contributed by atoms with van der Waals surface area (Å²) < 4.78 is 0.851. The number of rotatable bonds is 0. The van der Waals surface area contributed by atoms with E-state index < -0.39 is 0 Å². The first-order valence-corrected chi connectivity index (χ1v) is 7.66. The van der Waals surface area contributed by atoms with Crippen LogP contribution in [0.1, 0.15) is 38.2 Å².